The number of carbonyl (C=O) groups is 1. The summed E-state index contributed by atoms with van der Waals surface area (Å²) in [7, 11) is 0. The molecule has 144 valence electrons. The zero-order valence-electron chi connectivity index (χ0n) is 16.5. The summed E-state index contributed by atoms with van der Waals surface area (Å²) in [6.45, 7) is 6.41. The lowest BCUT2D eigenvalue weighted by Gasteiger charge is -2.41. The molecule has 0 aromatic heterocycles. The molecule has 0 unspecified atom stereocenters. The highest BCUT2D eigenvalue weighted by Crippen LogP contribution is 2.42. The Balaban J connectivity index is 1.61. The summed E-state index contributed by atoms with van der Waals surface area (Å²) in [5.74, 6) is 1.80. The van der Waals surface area contributed by atoms with E-state index in [1.54, 1.807) is 11.8 Å². The first-order valence-corrected chi connectivity index (χ1v) is 10.8. The van der Waals surface area contributed by atoms with E-state index in [4.69, 9.17) is 4.74 Å². The highest BCUT2D eigenvalue weighted by Gasteiger charge is 2.38. The fourth-order valence-electron chi connectivity index (χ4n) is 3.59. The van der Waals surface area contributed by atoms with E-state index in [1.807, 2.05) is 18.2 Å². The lowest BCUT2D eigenvalue weighted by molar-refractivity contribution is -0.122. The lowest BCUT2D eigenvalue weighted by Crippen LogP contribution is -2.44. The lowest BCUT2D eigenvalue weighted by atomic mass is 9.83. The van der Waals surface area contributed by atoms with Crippen LogP contribution in [0.2, 0.25) is 0 Å². The summed E-state index contributed by atoms with van der Waals surface area (Å²) >= 11 is 1.73. The Bertz CT molecular complexity index is 768. The highest BCUT2D eigenvalue weighted by atomic mass is 32.2. The summed E-state index contributed by atoms with van der Waals surface area (Å²) in [5, 5.41) is 3.26. The molecule has 2 aromatic rings. The molecule has 0 saturated heterocycles. The molecule has 1 aliphatic rings. The van der Waals surface area contributed by atoms with Crippen molar-refractivity contribution in [2.75, 3.05) is 5.75 Å². The van der Waals surface area contributed by atoms with E-state index >= 15 is 0 Å². The number of thioether (sulfide) groups is 1. The Morgan fingerprint density at radius 3 is 2.56 bits per heavy atom. The molecule has 2 aromatic carbocycles. The van der Waals surface area contributed by atoms with Gasteiger partial charge in [0, 0.05) is 29.1 Å². The number of ether oxygens (including phenoxy) is 1. The van der Waals surface area contributed by atoms with Crippen LogP contribution in [-0.2, 0) is 4.79 Å². The number of rotatable bonds is 7. The summed E-state index contributed by atoms with van der Waals surface area (Å²) in [5.41, 5.74) is 2.16. The summed E-state index contributed by atoms with van der Waals surface area (Å²) in [6.07, 6.45) is 3.22. The van der Waals surface area contributed by atoms with Gasteiger partial charge >= 0.3 is 0 Å². The van der Waals surface area contributed by atoms with E-state index < -0.39 is 0 Å². The first-order valence-electron chi connectivity index (χ1n) is 9.82. The van der Waals surface area contributed by atoms with E-state index in [9.17, 15) is 4.79 Å². The average molecular weight is 384 g/mol. The third-order valence-electron chi connectivity index (χ3n) is 5.44. The van der Waals surface area contributed by atoms with E-state index in [1.165, 1.54) is 10.5 Å². The van der Waals surface area contributed by atoms with Crippen molar-refractivity contribution in [2.45, 2.75) is 63.0 Å². The molecule has 0 radical (unpaired) electrons. The van der Waals surface area contributed by atoms with Crippen molar-refractivity contribution >= 4 is 17.7 Å². The Kier molecular flexibility index (Phi) is 6.48. The molecule has 3 rings (SSSR count). The normalized spacial score (nSPS) is 17.7. The van der Waals surface area contributed by atoms with Gasteiger partial charge in [0.1, 0.15) is 11.4 Å². The van der Waals surface area contributed by atoms with Crippen LogP contribution in [0.5, 0.6) is 5.75 Å². The number of hydrogen-bond acceptors (Lipinski definition) is 3. The Morgan fingerprint density at radius 1 is 1.15 bits per heavy atom. The van der Waals surface area contributed by atoms with Crippen molar-refractivity contribution in [1.82, 2.24) is 5.32 Å². The van der Waals surface area contributed by atoms with E-state index in [0.717, 1.165) is 36.3 Å². The van der Waals surface area contributed by atoms with Crippen LogP contribution >= 0.6 is 11.8 Å². The Labute approximate surface area is 166 Å². The number of para-hydroxylation sites is 1. The fraction of sp³-hybridized carbons (Fsp3) is 0.435. The number of fused-ring (bicyclic) bond motifs is 1. The van der Waals surface area contributed by atoms with Crippen LogP contribution in [0.25, 0.3) is 0 Å². The molecular weight excluding hydrogens is 354 g/mol. The van der Waals surface area contributed by atoms with Gasteiger partial charge in [-0.3, -0.25) is 4.79 Å². The third kappa shape index (κ3) is 4.86. The van der Waals surface area contributed by atoms with Crippen molar-refractivity contribution in [3.8, 4) is 5.75 Å². The number of aryl methyl sites for hydroxylation is 1. The maximum absolute atomic E-state index is 12.6. The maximum Gasteiger partial charge on any atom is 0.221 e. The Morgan fingerprint density at radius 2 is 1.85 bits per heavy atom. The molecule has 0 saturated carbocycles. The van der Waals surface area contributed by atoms with Crippen molar-refractivity contribution in [3.63, 3.8) is 0 Å². The number of carbonyl (C=O) groups excluding carboxylic acids is 1. The number of nitrogens with one attached hydrogen (secondary N) is 1. The fourth-order valence-corrected chi connectivity index (χ4v) is 4.44. The first kappa shape index (κ1) is 19.8. The van der Waals surface area contributed by atoms with Crippen LogP contribution in [0.1, 0.15) is 56.7 Å². The molecule has 0 fully saturated rings. The van der Waals surface area contributed by atoms with Gasteiger partial charge in [-0.15, -0.1) is 11.8 Å². The monoisotopic (exact) mass is 383 g/mol. The van der Waals surface area contributed by atoms with Gasteiger partial charge < -0.3 is 10.1 Å². The molecule has 1 atom stereocenters. The van der Waals surface area contributed by atoms with Gasteiger partial charge in [0.15, 0.2) is 0 Å². The van der Waals surface area contributed by atoms with Gasteiger partial charge in [-0.1, -0.05) is 49.7 Å². The van der Waals surface area contributed by atoms with Crippen LogP contribution in [0, 0.1) is 6.92 Å². The van der Waals surface area contributed by atoms with Crippen LogP contribution in [0.4, 0.5) is 0 Å². The zero-order chi connectivity index (χ0) is 19.3. The largest absolute Gasteiger partial charge is 0.487 e. The predicted octanol–water partition coefficient (Wildman–Crippen LogP) is 5.68. The maximum atomic E-state index is 12.6. The van der Waals surface area contributed by atoms with Crippen LogP contribution < -0.4 is 10.1 Å². The van der Waals surface area contributed by atoms with Gasteiger partial charge in [0.05, 0.1) is 6.04 Å². The van der Waals surface area contributed by atoms with Gasteiger partial charge in [-0.2, -0.15) is 0 Å². The van der Waals surface area contributed by atoms with E-state index in [0.29, 0.717) is 6.42 Å². The van der Waals surface area contributed by atoms with Gasteiger partial charge in [-0.25, -0.2) is 0 Å². The minimum absolute atomic E-state index is 0.0201. The number of benzene rings is 2. The minimum atomic E-state index is -0.192. The second kappa shape index (κ2) is 8.83. The van der Waals surface area contributed by atoms with Gasteiger partial charge in [0.2, 0.25) is 5.91 Å². The predicted molar refractivity (Wildman–Crippen MR) is 112 cm³/mol. The summed E-state index contributed by atoms with van der Waals surface area (Å²) in [6, 6.07) is 16.6. The van der Waals surface area contributed by atoms with Crippen molar-refractivity contribution in [1.29, 1.82) is 0 Å². The summed E-state index contributed by atoms with van der Waals surface area (Å²) in [4.78, 5) is 13.8. The second-order valence-corrected chi connectivity index (χ2v) is 8.43. The molecule has 0 bridgehead atoms. The zero-order valence-corrected chi connectivity index (χ0v) is 17.3. The molecule has 1 heterocycles. The summed E-state index contributed by atoms with van der Waals surface area (Å²) < 4.78 is 6.32. The van der Waals surface area contributed by atoms with Gasteiger partial charge in [-0.05, 0) is 38.0 Å². The molecule has 4 heteroatoms. The smallest absolute Gasteiger partial charge is 0.221 e. The molecule has 1 amide bonds. The van der Waals surface area contributed by atoms with Crippen LogP contribution in [0.15, 0.2) is 53.4 Å². The topological polar surface area (TPSA) is 38.3 Å². The first-order chi connectivity index (χ1) is 13.0. The standard InChI is InChI=1S/C23H29NO2S/c1-4-23(5-2)16-20(19-8-6-7-9-21(19)26-23)24-22(25)14-15-27-18-12-10-17(3)11-13-18/h6-13,20H,4-5,14-16H2,1-3H3,(H,24,25)/t20-/m0/s1. The second-order valence-electron chi connectivity index (χ2n) is 7.27. The van der Waals surface area contributed by atoms with Crippen molar-refractivity contribution < 1.29 is 9.53 Å². The number of amides is 1. The number of hydrogen-bond donors (Lipinski definition) is 1. The molecular formula is C23H29NO2S. The SMILES string of the molecule is CCC1(CC)C[C@H](NC(=O)CCSc2ccc(C)cc2)c2ccccc2O1. The highest BCUT2D eigenvalue weighted by molar-refractivity contribution is 7.99. The molecule has 27 heavy (non-hydrogen) atoms. The molecule has 0 spiro atoms. The molecule has 1 aliphatic heterocycles. The van der Waals surface area contributed by atoms with Gasteiger partial charge in [0.25, 0.3) is 0 Å². The molecule has 0 aliphatic carbocycles. The van der Waals surface area contributed by atoms with E-state index in [2.05, 4.69) is 56.4 Å². The minimum Gasteiger partial charge on any atom is -0.487 e. The molecule has 1 N–H and O–H groups in total. The van der Waals surface area contributed by atoms with Crippen LogP contribution in [0.3, 0.4) is 0 Å². The Hall–Kier alpha value is -1.94. The quantitative estimate of drug-likeness (QED) is 0.626. The molecule has 3 nitrogen and oxygen atoms in total. The average Bonchev–Trinajstić information content (AvgIpc) is 2.69. The van der Waals surface area contributed by atoms with E-state index in [-0.39, 0.29) is 17.6 Å². The third-order valence-corrected chi connectivity index (χ3v) is 6.45. The van der Waals surface area contributed by atoms with Crippen molar-refractivity contribution in [3.05, 3.63) is 59.7 Å². The van der Waals surface area contributed by atoms with Crippen molar-refractivity contribution in [2.24, 2.45) is 0 Å². The van der Waals surface area contributed by atoms with Crippen LogP contribution in [-0.4, -0.2) is 17.3 Å².